The van der Waals surface area contributed by atoms with E-state index in [-0.39, 0.29) is 10.8 Å². The molecule has 1 aromatic rings. The second-order valence-corrected chi connectivity index (χ2v) is 9.27. The van der Waals surface area contributed by atoms with E-state index in [0.29, 0.717) is 16.7 Å². The first-order valence-electron chi connectivity index (χ1n) is 8.34. The fourth-order valence-corrected chi connectivity index (χ4v) is 6.53. The minimum atomic E-state index is -0.123. The van der Waals surface area contributed by atoms with Crippen molar-refractivity contribution >= 4 is 11.6 Å². The number of aromatic nitrogens is 2. The third-order valence-corrected chi connectivity index (χ3v) is 6.66. The molecule has 5 rings (SSSR count). The van der Waals surface area contributed by atoms with E-state index in [1.807, 2.05) is 0 Å². The molecule has 4 bridgehead atoms. The van der Waals surface area contributed by atoms with Crippen LogP contribution in [0.1, 0.15) is 82.8 Å². The van der Waals surface area contributed by atoms with Gasteiger partial charge in [-0.3, -0.25) is 0 Å². The zero-order valence-corrected chi connectivity index (χ0v) is 14.0. The predicted octanol–water partition coefficient (Wildman–Crippen LogP) is 5.01. The van der Waals surface area contributed by atoms with Crippen molar-refractivity contribution < 1.29 is 4.52 Å². The molecule has 1 heterocycles. The number of nitrogens with zero attached hydrogens (tertiary/aromatic N) is 2. The predicted molar refractivity (Wildman–Crippen MR) is 82.3 cm³/mol. The monoisotopic (exact) mass is 308 g/mol. The van der Waals surface area contributed by atoms with E-state index in [4.69, 9.17) is 21.1 Å². The lowest BCUT2D eigenvalue weighted by Gasteiger charge is -2.64. The van der Waals surface area contributed by atoms with Crippen molar-refractivity contribution in [3.05, 3.63) is 11.7 Å². The summed E-state index contributed by atoms with van der Waals surface area (Å²) in [6, 6.07) is 0. The normalized spacial score (nSPS) is 46.0. The summed E-state index contributed by atoms with van der Waals surface area (Å²) in [6.07, 6.45) is 8.65. The standard InChI is InChI=1S/C17H25ClN2O/c1-4-12(18)13-19-14(21-20-13)17-7-11-5-15(2,9-17)8-16(3,6-11)10-17/h11-12H,4-10H2,1-3H3. The number of hydrogen-bond acceptors (Lipinski definition) is 3. The Balaban J connectivity index is 1.72. The van der Waals surface area contributed by atoms with Crippen molar-refractivity contribution in [2.45, 2.75) is 76.5 Å². The van der Waals surface area contributed by atoms with Crippen molar-refractivity contribution in [2.24, 2.45) is 16.7 Å². The van der Waals surface area contributed by atoms with Crippen LogP contribution in [0.4, 0.5) is 0 Å². The minimum absolute atomic E-state index is 0.123. The van der Waals surface area contributed by atoms with Crippen molar-refractivity contribution in [1.29, 1.82) is 0 Å². The molecule has 3 atom stereocenters. The fourth-order valence-electron chi connectivity index (χ4n) is 6.45. The zero-order valence-electron chi connectivity index (χ0n) is 13.3. The Morgan fingerprint density at radius 2 is 1.86 bits per heavy atom. The molecule has 4 heteroatoms. The SMILES string of the molecule is CCC(Cl)c1noc(C23CC4CC(C)(CC(C)(C4)C2)C3)n1. The Bertz CT molecular complexity index is 551. The molecular formula is C17H25ClN2O. The van der Waals surface area contributed by atoms with E-state index in [1.54, 1.807) is 0 Å². The van der Waals surface area contributed by atoms with Crippen LogP contribution < -0.4 is 0 Å². The Labute approximate surface area is 131 Å². The van der Waals surface area contributed by atoms with E-state index in [1.165, 1.54) is 38.5 Å². The van der Waals surface area contributed by atoms with Crippen molar-refractivity contribution in [2.75, 3.05) is 0 Å². The molecule has 116 valence electrons. The second-order valence-electron chi connectivity index (χ2n) is 8.74. The average Bonchev–Trinajstić information content (AvgIpc) is 2.83. The van der Waals surface area contributed by atoms with Gasteiger partial charge in [0.15, 0.2) is 5.82 Å². The van der Waals surface area contributed by atoms with Gasteiger partial charge in [-0.1, -0.05) is 25.9 Å². The van der Waals surface area contributed by atoms with Gasteiger partial charge in [0.05, 0.1) is 10.8 Å². The zero-order chi connectivity index (χ0) is 14.9. The van der Waals surface area contributed by atoms with E-state index in [2.05, 4.69) is 25.9 Å². The fraction of sp³-hybridized carbons (Fsp3) is 0.882. The van der Waals surface area contributed by atoms with Gasteiger partial charge < -0.3 is 4.52 Å². The highest BCUT2D eigenvalue weighted by atomic mass is 35.5. The van der Waals surface area contributed by atoms with Crippen LogP contribution in [0, 0.1) is 16.7 Å². The van der Waals surface area contributed by atoms with Crippen LogP contribution in [-0.4, -0.2) is 10.1 Å². The first kappa shape index (κ1) is 14.0. The molecule has 1 aromatic heterocycles. The molecule has 0 aromatic carbocycles. The minimum Gasteiger partial charge on any atom is -0.339 e. The van der Waals surface area contributed by atoms with Gasteiger partial charge >= 0.3 is 0 Å². The summed E-state index contributed by atoms with van der Waals surface area (Å²) >= 11 is 6.28. The summed E-state index contributed by atoms with van der Waals surface area (Å²) < 4.78 is 5.72. The molecule has 4 fully saturated rings. The lowest BCUT2D eigenvalue weighted by Crippen LogP contribution is -2.57. The highest BCUT2D eigenvalue weighted by molar-refractivity contribution is 6.20. The van der Waals surface area contributed by atoms with Crippen molar-refractivity contribution in [3.63, 3.8) is 0 Å². The van der Waals surface area contributed by atoms with E-state index >= 15 is 0 Å². The lowest BCUT2D eigenvalue weighted by atomic mass is 9.40. The van der Waals surface area contributed by atoms with Crippen LogP contribution in [0.3, 0.4) is 0 Å². The Morgan fingerprint density at radius 1 is 1.19 bits per heavy atom. The van der Waals surface area contributed by atoms with Crippen molar-refractivity contribution in [1.82, 2.24) is 10.1 Å². The molecule has 4 aliphatic carbocycles. The van der Waals surface area contributed by atoms with E-state index < -0.39 is 0 Å². The quantitative estimate of drug-likeness (QED) is 0.737. The summed E-state index contributed by atoms with van der Waals surface area (Å²) in [5.41, 5.74) is 1.06. The van der Waals surface area contributed by atoms with Crippen LogP contribution >= 0.6 is 11.6 Å². The van der Waals surface area contributed by atoms with Crippen LogP contribution in [0.25, 0.3) is 0 Å². The molecule has 4 saturated carbocycles. The molecule has 0 radical (unpaired) electrons. The molecule has 0 aliphatic heterocycles. The van der Waals surface area contributed by atoms with Crippen LogP contribution in [0.15, 0.2) is 4.52 Å². The van der Waals surface area contributed by atoms with Crippen LogP contribution in [0.5, 0.6) is 0 Å². The molecule has 21 heavy (non-hydrogen) atoms. The van der Waals surface area contributed by atoms with Gasteiger partial charge in [-0.05, 0) is 61.7 Å². The number of rotatable bonds is 3. The summed E-state index contributed by atoms with van der Waals surface area (Å²) in [6.45, 7) is 7.00. The summed E-state index contributed by atoms with van der Waals surface area (Å²) in [4.78, 5) is 4.72. The maximum absolute atomic E-state index is 6.28. The molecule has 3 unspecified atom stereocenters. The van der Waals surface area contributed by atoms with Gasteiger partial charge in [0, 0.05) is 0 Å². The maximum atomic E-state index is 6.28. The summed E-state index contributed by atoms with van der Waals surface area (Å²) in [7, 11) is 0. The number of hydrogen-bond donors (Lipinski definition) is 0. The molecule has 4 aliphatic rings. The molecule has 0 N–H and O–H groups in total. The highest BCUT2D eigenvalue weighted by Gasteiger charge is 2.62. The molecular weight excluding hydrogens is 284 g/mol. The summed E-state index contributed by atoms with van der Waals surface area (Å²) in [5.74, 6) is 2.39. The first-order valence-corrected chi connectivity index (χ1v) is 8.77. The van der Waals surface area contributed by atoms with Gasteiger partial charge in [-0.2, -0.15) is 4.98 Å². The largest absolute Gasteiger partial charge is 0.339 e. The van der Waals surface area contributed by atoms with Crippen LogP contribution in [0.2, 0.25) is 0 Å². The third kappa shape index (κ3) is 2.07. The highest BCUT2D eigenvalue weighted by Crippen LogP contribution is 2.69. The van der Waals surface area contributed by atoms with Gasteiger partial charge in [0.25, 0.3) is 0 Å². The van der Waals surface area contributed by atoms with Gasteiger partial charge in [0.2, 0.25) is 5.89 Å². The molecule has 0 spiro atoms. The molecule has 0 saturated heterocycles. The Kier molecular flexibility index (Phi) is 2.84. The van der Waals surface area contributed by atoms with Gasteiger partial charge in [0.1, 0.15) is 0 Å². The van der Waals surface area contributed by atoms with E-state index in [9.17, 15) is 0 Å². The van der Waals surface area contributed by atoms with Crippen LogP contribution in [-0.2, 0) is 5.41 Å². The topological polar surface area (TPSA) is 38.9 Å². The van der Waals surface area contributed by atoms with E-state index in [0.717, 1.165) is 18.2 Å². The molecule has 0 amide bonds. The Morgan fingerprint density at radius 3 is 2.43 bits per heavy atom. The average molecular weight is 309 g/mol. The number of halogens is 1. The lowest BCUT2D eigenvalue weighted by molar-refractivity contribution is -0.118. The second kappa shape index (κ2) is 4.24. The molecule has 3 nitrogen and oxygen atoms in total. The summed E-state index contributed by atoms with van der Waals surface area (Å²) in [5, 5.41) is 4.05. The van der Waals surface area contributed by atoms with Crippen molar-refractivity contribution in [3.8, 4) is 0 Å². The Hall–Kier alpha value is -0.570. The first-order chi connectivity index (χ1) is 9.85. The smallest absolute Gasteiger partial charge is 0.232 e. The maximum Gasteiger partial charge on any atom is 0.232 e. The van der Waals surface area contributed by atoms with Gasteiger partial charge in [-0.25, -0.2) is 0 Å². The van der Waals surface area contributed by atoms with Gasteiger partial charge in [-0.15, -0.1) is 11.6 Å². The number of alkyl halides is 1. The third-order valence-electron chi connectivity index (χ3n) is 6.16.